The molecule has 1 unspecified atom stereocenters. The molecule has 0 aliphatic carbocycles. The smallest absolute Gasteiger partial charge is 0.335 e. The molecule has 1 aliphatic rings. The van der Waals surface area contributed by atoms with Gasteiger partial charge in [-0.05, 0) is 38.0 Å². The van der Waals surface area contributed by atoms with Crippen molar-refractivity contribution in [3.63, 3.8) is 0 Å². The molecular weight excluding hydrogens is 260 g/mol. The quantitative estimate of drug-likeness (QED) is 0.891. The summed E-state index contributed by atoms with van der Waals surface area (Å²) in [6, 6.07) is 4.65. The number of carboxylic acid groups (broad SMARTS) is 1. The second-order valence-electron chi connectivity index (χ2n) is 5.46. The van der Waals surface area contributed by atoms with Gasteiger partial charge in [-0.15, -0.1) is 0 Å². The molecule has 1 atom stereocenters. The van der Waals surface area contributed by atoms with Crippen molar-refractivity contribution in [1.82, 2.24) is 9.55 Å². The lowest BCUT2D eigenvalue weighted by molar-refractivity contribution is 0.00642. The molecule has 1 aliphatic heterocycles. The second-order valence-corrected chi connectivity index (χ2v) is 5.46. The highest BCUT2D eigenvalue weighted by atomic mass is 16.5. The predicted molar refractivity (Wildman–Crippen MR) is 73.1 cm³/mol. The molecule has 0 radical (unpaired) electrons. The third-order valence-corrected chi connectivity index (χ3v) is 3.81. The van der Waals surface area contributed by atoms with Gasteiger partial charge in [-0.3, -0.25) is 4.57 Å². The zero-order valence-electron chi connectivity index (χ0n) is 11.2. The van der Waals surface area contributed by atoms with Crippen molar-refractivity contribution in [2.75, 3.05) is 6.61 Å². The molecule has 2 aromatic rings. The average molecular weight is 276 g/mol. The first kappa shape index (κ1) is 12.9. The molecule has 1 fully saturated rings. The van der Waals surface area contributed by atoms with E-state index < -0.39 is 5.97 Å². The maximum absolute atomic E-state index is 12.1. The summed E-state index contributed by atoms with van der Waals surface area (Å²) in [4.78, 5) is 25.7. The topological polar surface area (TPSA) is 84.3 Å². The first-order valence-electron chi connectivity index (χ1n) is 6.58. The van der Waals surface area contributed by atoms with Gasteiger partial charge in [-0.2, -0.15) is 0 Å². The molecular formula is C14H16N2O4. The van der Waals surface area contributed by atoms with Crippen LogP contribution in [0.3, 0.4) is 0 Å². The van der Waals surface area contributed by atoms with Crippen molar-refractivity contribution in [3.8, 4) is 0 Å². The summed E-state index contributed by atoms with van der Waals surface area (Å²) < 4.78 is 7.33. The van der Waals surface area contributed by atoms with Crippen molar-refractivity contribution in [1.29, 1.82) is 0 Å². The molecule has 1 saturated heterocycles. The Bertz CT molecular complexity index is 722. The standard InChI is InChI=1S/C14H16N2O4/c1-14(5-2-6-20-14)8-16-11-4-3-9(12(17)18)7-10(11)15-13(16)19/h3-4,7H,2,5-6,8H2,1H3,(H,15,19)(H,17,18). The number of aromatic nitrogens is 2. The molecule has 106 valence electrons. The van der Waals surface area contributed by atoms with Gasteiger partial charge in [0.1, 0.15) is 0 Å². The van der Waals surface area contributed by atoms with Gasteiger partial charge in [0.25, 0.3) is 0 Å². The number of aromatic carboxylic acids is 1. The van der Waals surface area contributed by atoms with Crippen LogP contribution in [0, 0.1) is 0 Å². The zero-order valence-corrected chi connectivity index (χ0v) is 11.2. The van der Waals surface area contributed by atoms with Crippen molar-refractivity contribution in [2.24, 2.45) is 0 Å². The van der Waals surface area contributed by atoms with Crippen LogP contribution in [-0.4, -0.2) is 32.8 Å². The van der Waals surface area contributed by atoms with Gasteiger partial charge in [-0.1, -0.05) is 0 Å². The molecule has 0 saturated carbocycles. The lowest BCUT2D eigenvalue weighted by Gasteiger charge is -2.23. The van der Waals surface area contributed by atoms with Crippen LogP contribution in [0.2, 0.25) is 0 Å². The number of rotatable bonds is 3. The summed E-state index contributed by atoms with van der Waals surface area (Å²) in [6.45, 7) is 3.19. The summed E-state index contributed by atoms with van der Waals surface area (Å²) in [5, 5.41) is 8.97. The number of imidazole rings is 1. The number of benzene rings is 1. The van der Waals surface area contributed by atoms with E-state index in [4.69, 9.17) is 9.84 Å². The predicted octanol–water partition coefficient (Wildman–Crippen LogP) is 1.60. The SMILES string of the molecule is CC1(Cn2c(=O)[nH]c3cc(C(=O)O)ccc32)CCCO1. The maximum Gasteiger partial charge on any atom is 0.335 e. The lowest BCUT2D eigenvalue weighted by atomic mass is 10.0. The monoisotopic (exact) mass is 276 g/mol. The molecule has 0 amide bonds. The Morgan fingerprint density at radius 3 is 3.00 bits per heavy atom. The first-order valence-corrected chi connectivity index (χ1v) is 6.58. The number of aromatic amines is 1. The molecule has 0 bridgehead atoms. The van der Waals surface area contributed by atoms with Gasteiger partial charge in [0.05, 0.1) is 28.7 Å². The molecule has 1 aromatic heterocycles. The molecule has 6 nitrogen and oxygen atoms in total. The van der Waals surface area contributed by atoms with Crippen LogP contribution in [0.4, 0.5) is 0 Å². The van der Waals surface area contributed by atoms with Gasteiger partial charge in [0.2, 0.25) is 0 Å². The van der Waals surface area contributed by atoms with E-state index in [0.29, 0.717) is 17.6 Å². The van der Waals surface area contributed by atoms with Crippen LogP contribution in [0.25, 0.3) is 11.0 Å². The summed E-state index contributed by atoms with van der Waals surface area (Å²) >= 11 is 0. The largest absolute Gasteiger partial charge is 0.478 e. The van der Waals surface area contributed by atoms with Crippen LogP contribution < -0.4 is 5.69 Å². The second kappa shape index (κ2) is 4.49. The van der Waals surface area contributed by atoms with E-state index in [9.17, 15) is 9.59 Å². The number of nitrogens with zero attached hydrogens (tertiary/aromatic N) is 1. The summed E-state index contributed by atoms with van der Waals surface area (Å²) in [5.41, 5.74) is 0.839. The van der Waals surface area contributed by atoms with Crippen LogP contribution in [0.5, 0.6) is 0 Å². The number of hydrogen-bond donors (Lipinski definition) is 2. The highest BCUT2D eigenvalue weighted by Crippen LogP contribution is 2.27. The fraction of sp³-hybridized carbons (Fsp3) is 0.429. The Morgan fingerprint density at radius 2 is 2.35 bits per heavy atom. The molecule has 2 heterocycles. The number of carbonyl (C=O) groups is 1. The van der Waals surface area contributed by atoms with Crippen LogP contribution in [0.15, 0.2) is 23.0 Å². The maximum atomic E-state index is 12.1. The minimum absolute atomic E-state index is 0.161. The number of carboxylic acids is 1. The number of fused-ring (bicyclic) bond motifs is 1. The molecule has 0 spiro atoms. The first-order chi connectivity index (χ1) is 9.48. The number of nitrogens with one attached hydrogen (secondary N) is 1. The molecule has 1 aromatic carbocycles. The molecule has 6 heteroatoms. The summed E-state index contributed by atoms with van der Waals surface area (Å²) in [7, 11) is 0. The normalized spacial score (nSPS) is 22.4. The van der Waals surface area contributed by atoms with Crippen molar-refractivity contribution < 1.29 is 14.6 Å². The van der Waals surface area contributed by atoms with Crippen molar-refractivity contribution in [3.05, 3.63) is 34.2 Å². The van der Waals surface area contributed by atoms with Gasteiger partial charge in [0, 0.05) is 6.61 Å². The average Bonchev–Trinajstić information content (AvgIpc) is 2.95. The highest BCUT2D eigenvalue weighted by Gasteiger charge is 2.31. The van der Waals surface area contributed by atoms with Gasteiger partial charge in [0.15, 0.2) is 0 Å². The van der Waals surface area contributed by atoms with Gasteiger partial charge >= 0.3 is 11.7 Å². The minimum Gasteiger partial charge on any atom is -0.478 e. The Balaban J connectivity index is 2.05. The van der Waals surface area contributed by atoms with E-state index in [1.165, 1.54) is 12.1 Å². The highest BCUT2D eigenvalue weighted by molar-refractivity contribution is 5.92. The zero-order chi connectivity index (χ0) is 14.3. The van der Waals surface area contributed by atoms with Crippen LogP contribution in [-0.2, 0) is 11.3 Å². The van der Waals surface area contributed by atoms with E-state index in [1.54, 1.807) is 10.6 Å². The van der Waals surface area contributed by atoms with E-state index in [-0.39, 0.29) is 16.9 Å². The minimum atomic E-state index is -1.01. The van der Waals surface area contributed by atoms with Gasteiger partial charge in [-0.25, -0.2) is 9.59 Å². The van der Waals surface area contributed by atoms with Crippen LogP contribution >= 0.6 is 0 Å². The number of hydrogen-bond acceptors (Lipinski definition) is 3. The fourth-order valence-corrected chi connectivity index (χ4v) is 2.75. The molecule has 2 N–H and O–H groups in total. The number of ether oxygens (including phenoxy) is 1. The van der Waals surface area contributed by atoms with Gasteiger partial charge < -0.3 is 14.8 Å². The Kier molecular flexibility index (Phi) is 2.90. The lowest BCUT2D eigenvalue weighted by Crippen LogP contribution is -2.33. The van der Waals surface area contributed by atoms with Crippen molar-refractivity contribution >= 4 is 17.0 Å². The Hall–Kier alpha value is -2.08. The summed E-state index contributed by atoms with van der Waals surface area (Å²) in [5.74, 6) is -1.01. The molecule has 20 heavy (non-hydrogen) atoms. The Labute approximate surface area is 115 Å². The van der Waals surface area contributed by atoms with E-state index in [1.807, 2.05) is 6.92 Å². The van der Waals surface area contributed by atoms with E-state index >= 15 is 0 Å². The van der Waals surface area contributed by atoms with Crippen LogP contribution in [0.1, 0.15) is 30.1 Å². The third kappa shape index (κ3) is 2.12. The Morgan fingerprint density at radius 1 is 1.55 bits per heavy atom. The van der Waals surface area contributed by atoms with E-state index in [0.717, 1.165) is 19.4 Å². The van der Waals surface area contributed by atoms with E-state index in [2.05, 4.69) is 4.98 Å². The summed E-state index contributed by atoms with van der Waals surface area (Å²) in [6.07, 6.45) is 1.91. The fourth-order valence-electron chi connectivity index (χ4n) is 2.75. The molecule has 3 rings (SSSR count). The van der Waals surface area contributed by atoms with Crippen molar-refractivity contribution in [2.45, 2.75) is 31.9 Å². The third-order valence-electron chi connectivity index (χ3n) is 3.81. The number of H-pyrrole nitrogens is 1.